The zero-order valence-corrected chi connectivity index (χ0v) is 13.2. The third kappa shape index (κ3) is 4.98. The monoisotopic (exact) mass is 330 g/mol. The largest absolute Gasteiger partial charge is 0.619 e. The summed E-state index contributed by atoms with van der Waals surface area (Å²) in [6.45, 7) is 0.0768. The van der Waals surface area contributed by atoms with Gasteiger partial charge in [0.25, 0.3) is 0 Å². The van der Waals surface area contributed by atoms with Crippen molar-refractivity contribution in [2.45, 2.75) is 19.1 Å². The Bertz CT molecular complexity index is 690. The maximum Gasteiger partial charge on any atom is 0.408 e. The van der Waals surface area contributed by atoms with Crippen molar-refractivity contribution >= 4 is 12.1 Å². The number of carbonyl (C=O) groups is 2. The molecule has 0 aliphatic carbocycles. The van der Waals surface area contributed by atoms with Gasteiger partial charge in [-0.1, -0.05) is 36.4 Å². The van der Waals surface area contributed by atoms with Crippen LogP contribution in [0.4, 0.5) is 4.79 Å². The van der Waals surface area contributed by atoms with Crippen molar-refractivity contribution in [2.75, 3.05) is 7.11 Å². The molecule has 0 fully saturated rings. The van der Waals surface area contributed by atoms with Gasteiger partial charge < -0.3 is 20.0 Å². The number of methoxy groups -OCH3 is 1. The maximum atomic E-state index is 11.9. The van der Waals surface area contributed by atoms with Crippen LogP contribution in [0.2, 0.25) is 0 Å². The smallest absolute Gasteiger partial charge is 0.408 e. The molecule has 1 amide bonds. The molecular formula is C17H18N2O5. The molecule has 7 heteroatoms. The normalized spacial score (nSPS) is 11.4. The molecule has 0 bridgehead atoms. The molecule has 2 aromatic rings. The lowest BCUT2D eigenvalue weighted by Crippen LogP contribution is -2.46. The average Bonchev–Trinajstić information content (AvgIpc) is 2.61. The SMILES string of the molecule is COC(=O)[C@H](Cc1cccc[n+]1[O-])NC(=O)OCc1ccccc1. The fourth-order valence-electron chi connectivity index (χ4n) is 2.07. The third-order valence-electron chi connectivity index (χ3n) is 3.31. The van der Waals surface area contributed by atoms with Gasteiger partial charge in [0.05, 0.1) is 13.5 Å². The lowest BCUT2D eigenvalue weighted by atomic mass is 10.1. The van der Waals surface area contributed by atoms with E-state index < -0.39 is 18.1 Å². The minimum Gasteiger partial charge on any atom is -0.619 e. The molecule has 0 radical (unpaired) electrons. The number of ether oxygens (including phenoxy) is 2. The van der Waals surface area contributed by atoms with Gasteiger partial charge in [-0.2, -0.15) is 4.73 Å². The van der Waals surface area contributed by atoms with Gasteiger partial charge in [0.1, 0.15) is 12.6 Å². The summed E-state index contributed by atoms with van der Waals surface area (Å²) >= 11 is 0. The van der Waals surface area contributed by atoms with E-state index in [9.17, 15) is 14.8 Å². The number of pyridine rings is 1. The molecule has 126 valence electrons. The molecule has 0 saturated heterocycles. The molecule has 0 saturated carbocycles. The summed E-state index contributed by atoms with van der Waals surface area (Å²) in [7, 11) is 1.21. The van der Waals surface area contributed by atoms with Gasteiger partial charge in [0, 0.05) is 12.1 Å². The van der Waals surface area contributed by atoms with Crippen LogP contribution in [0.3, 0.4) is 0 Å². The predicted molar refractivity (Wildman–Crippen MR) is 84.7 cm³/mol. The second kappa shape index (κ2) is 8.52. The summed E-state index contributed by atoms with van der Waals surface area (Å²) in [5.74, 6) is -0.657. The van der Waals surface area contributed by atoms with Gasteiger partial charge >= 0.3 is 12.1 Å². The minimum absolute atomic E-state index is 0.00253. The molecule has 0 unspecified atom stereocenters. The van der Waals surface area contributed by atoms with Crippen molar-refractivity contribution in [1.82, 2.24) is 5.32 Å². The Hall–Kier alpha value is -3.09. The van der Waals surface area contributed by atoms with Crippen LogP contribution in [0, 0.1) is 5.21 Å². The van der Waals surface area contributed by atoms with E-state index in [1.54, 1.807) is 18.2 Å². The van der Waals surface area contributed by atoms with Crippen LogP contribution < -0.4 is 10.0 Å². The number of nitrogens with one attached hydrogen (secondary N) is 1. The van der Waals surface area contributed by atoms with Gasteiger partial charge in [0.2, 0.25) is 0 Å². The third-order valence-corrected chi connectivity index (χ3v) is 3.31. The number of rotatable bonds is 6. The highest BCUT2D eigenvalue weighted by Gasteiger charge is 2.25. The number of nitrogens with zero attached hydrogens (tertiary/aromatic N) is 1. The first-order chi connectivity index (χ1) is 11.6. The van der Waals surface area contributed by atoms with Crippen LogP contribution in [0.5, 0.6) is 0 Å². The van der Waals surface area contributed by atoms with Crippen LogP contribution in [0.1, 0.15) is 11.3 Å². The summed E-state index contributed by atoms with van der Waals surface area (Å²) in [6.07, 6.45) is 0.553. The van der Waals surface area contributed by atoms with Crippen molar-refractivity contribution in [3.8, 4) is 0 Å². The van der Waals surface area contributed by atoms with E-state index in [1.165, 1.54) is 13.3 Å². The van der Waals surface area contributed by atoms with E-state index in [1.807, 2.05) is 30.3 Å². The molecule has 0 spiro atoms. The van der Waals surface area contributed by atoms with Gasteiger partial charge in [-0.3, -0.25) is 0 Å². The highest BCUT2D eigenvalue weighted by Crippen LogP contribution is 2.03. The standard InChI is InChI=1S/C17H18N2O5/c1-23-16(20)15(11-14-9-5-6-10-19(14)22)18-17(21)24-12-13-7-3-2-4-8-13/h2-10,15H,11-12H2,1H3,(H,18,21)/t15-/m0/s1. The first kappa shape index (κ1) is 17.3. The summed E-state index contributed by atoms with van der Waals surface area (Å²) in [4.78, 5) is 23.7. The van der Waals surface area contributed by atoms with Crippen molar-refractivity contribution in [3.63, 3.8) is 0 Å². The number of amides is 1. The molecule has 24 heavy (non-hydrogen) atoms. The fourth-order valence-corrected chi connectivity index (χ4v) is 2.07. The van der Waals surface area contributed by atoms with E-state index in [-0.39, 0.29) is 13.0 Å². The zero-order valence-electron chi connectivity index (χ0n) is 13.2. The Morgan fingerprint density at radius 3 is 2.54 bits per heavy atom. The van der Waals surface area contributed by atoms with Gasteiger partial charge in [0.15, 0.2) is 11.9 Å². The number of carbonyl (C=O) groups excluding carboxylic acids is 2. The molecule has 1 heterocycles. The van der Waals surface area contributed by atoms with E-state index in [2.05, 4.69) is 10.1 Å². The van der Waals surface area contributed by atoms with E-state index >= 15 is 0 Å². The molecule has 1 aromatic carbocycles. The first-order valence-corrected chi connectivity index (χ1v) is 7.32. The van der Waals surface area contributed by atoms with Crippen LogP contribution >= 0.6 is 0 Å². The molecular weight excluding hydrogens is 312 g/mol. The lowest BCUT2D eigenvalue weighted by Gasteiger charge is -2.16. The number of hydrogen-bond acceptors (Lipinski definition) is 5. The van der Waals surface area contributed by atoms with E-state index in [0.29, 0.717) is 10.4 Å². The predicted octanol–water partition coefficient (Wildman–Crippen LogP) is 1.33. The van der Waals surface area contributed by atoms with Crippen LogP contribution in [-0.4, -0.2) is 25.2 Å². The zero-order chi connectivity index (χ0) is 17.4. The molecule has 2 rings (SSSR count). The lowest BCUT2D eigenvalue weighted by molar-refractivity contribution is -0.614. The van der Waals surface area contributed by atoms with Crippen LogP contribution in [0.25, 0.3) is 0 Å². The molecule has 7 nitrogen and oxygen atoms in total. The Labute approximate surface area is 139 Å². The number of esters is 1. The van der Waals surface area contributed by atoms with Gasteiger partial charge in [-0.15, -0.1) is 0 Å². The molecule has 0 aliphatic rings. The van der Waals surface area contributed by atoms with Crippen LogP contribution in [-0.2, 0) is 27.3 Å². The summed E-state index contributed by atoms with van der Waals surface area (Å²) in [6, 6.07) is 12.9. The first-order valence-electron chi connectivity index (χ1n) is 7.32. The Kier molecular flexibility index (Phi) is 6.13. The van der Waals surface area contributed by atoms with Crippen molar-refractivity contribution in [1.29, 1.82) is 0 Å². The number of hydrogen-bond donors (Lipinski definition) is 1. The molecule has 1 N–H and O–H groups in total. The Morgan fingerprint density at radius 2 is 1.88 bits per heavy atom. The quantitative estimate of drug-likeness (QED) is 0.490. The van der Waals surface area contributed by atoms with Crippen molar-refractivity contribution in [3.05, 3.63) is 71.2 Å². The average molecular weight is 330 g/mol. The second-order valence-corrected chi connectivity index (χ2v) is 5.00. The summed E-state index contributed by atoms with van der Waals surface area (Å²) in [5, 5.41) is 14.1. The summed E-state index contributed by atoms with van der Waals surface area (Å²) < 4.78 is 10.4. The maximum absolute atomic E-state index is 11.9. The van der Waals surface area contributed by atoms with Crippen molar-refractivity contribution < 1.29 is 23.8 Å². The van der Waals surface area contributed by atoms with E-state index in [4.69, 9.17) is 4.74 Å². The number of aromatic nitrogens is 1. The Balaban J connectivity index is 1.97. The van der Waals surface area contributed by atoms with E-state index in [0.717, 1.165) is 5.56 Å². The highest BCUT2D eigenvalue weighted by molar-refractivity contribution is 5.81. The van der Waals surface area contributed by atoms with Gasteiger partial charge in [-0.05, 0) is 5.56 Å². The van der Waals surface area contributed by atoms with Gasteiger partial charge in [-0.25, -0.2) is 9.59 Å². The number of alkyl carbamates (subject to hydrolysis) is 1. The molecule has 1 aromatic heterocycles. The topological polar surface area (TPSA) is 91.6 Å². The van der Waals surface area contributed by atoms with Crippen molar-refractivity contribution in [2.24, 2.45) is 0 Å². The molecule has 1 atom stereocenters. The minimum atomic E-state index is -1.01. The van der Waals surface area contributed by atoms with Crippen LogP contribution in [0.15, 0.2) is 54.7 Å². The second-order valence-electron chi connectivity index (χ2n) is 5.00. The number of benzene rings is 1. The fraction of sp³-hybridized carbons (Fsp3) is 0.235. The Morgan fingerprint density at radius 1 is 1.17 bits per heavy atom. The summed E-state index contributed by atoms with van der Waals surface area (Å²) in [5.41, 5.74) is 1.15. The highest BCUT2D eigenvalue weighted by atomic mass is 16.6. The molecule has 0 aliphatic heterocycles.